The predicted octanol–water partition coefficient (Wildman–Crippen LogP) is 3.41. The van der Waals surface area contributed by atoms with E-state index in [9.17, 15) is 9.18 Å². The minimum absolute atomic E-state index is 0.102. The molecule has 1 aromatic heterocycles. The third-order valence-electron chi connectivity index (χ3n) is 3.25. The lowest BCUT2D eigenvalue weighted by molar-refractivity contribution is 0.0951. The highest BCUT2D eigenvalue weighted by molar-refractivity contribution is 5.99. The van der Waals surface area contributed by atoms with Crippen LogP contribution < -0.4 is 5.32 Å². The Labute approximate surface area is 126 Å². The average molecular weight is 296 g/mol. The standard InChI is InChI=1S/C17H13FN2O2/c18-15-9-5-4-8-13(15)10-19-17(21)14-11-20-22-16(14)12-6-2-1-3-7-12/h1-9,11H,10H2,(H,19,21). The third-order valence-corrected chi connectivity index (χ3v) is 3.25. The first kappa shape index (κ1) is 14.0. The summed E-state index contributed by atoms with van der Waals surface area (Å²) in [5.41, 5.74) is 1.51. The largest absolute Gasteiger partial charge is 0.355 e. The van der Waals surface area contributed by atoms with Crippen LogP contribution in [0.1, 0.15) is 15.9 Å². The van der Waals surface area contributed by atoms with Gasteiger partial charge in [-0.05, 0) is 6.07 Å². The molecule has 0 unspecified atom stereocenters. The zero-order valence-electron chi connectivity index (χ0n) is 11.6. The number of halogens is 1. The molecule has 0 saturated carbocycles. The summed E-state index contributed by atoms with van der Waals surface area (Å²) in [4.78, 5) is 12.3. The number of nitrogens with zero attached hydrogens (tertiary/aromatic N) is 1. The normalized spacial score (nSPS) is 10.4. The molecule has 0 aliphatic carbocycles. The molecule has 1 N–H and O–H groups in total. The van der Waals surface area contributed by atoms with Gasteiger partial charge in [-0.3, -0.25) is 4.79 Å². The number of amides is 1. The fourth-order valence-electron chi connectivity index (χ4n) is 2.11. The van der Waals surface area contributed by atoms with Crippen molar-refractivity contribution in [2.45, 2.75) is 6.54 Å². The van der Waals surface area contributed by atoms with Crippen LogP contribution in [0.2, 0.25) is 0 Å². The van der Waals surface area contributed by atoms with Crippen LogP contribution in [0.25, 0.3) is 11.3 Å². The molecule has 0 fully saturated rings. The molecule has 0 saturated heterocycles. The van der Waals surface area contributed by atoms with E-state index in [4.69, 9.17) is 4.52 Å². The van der Waals surface area contributed by atoms with Gasteiger partial charge in [0, 0.05) is 17.7 Å². The summed E-state index contributed by atoms with van der Waals surface area (Å²) in [5, 5.41) is 6.36. The molecule has 0 bridgehead atoms. The number of hydrogen-bond donors (Lipinski definition) is 1. The monoisotopic (exact) mass is 296 g/mol. The molecule has 110 valence electrons. The minimum atomic E-state index is -0.358. The van der Waals surface area contributed by atoms with Gasteiger partial charge in [0.1, 0.15) is 11.4 Å². The molecular weight excluding hydrogens is 283 g/mol. The summed E-state index contributed by atoms with van der Waals surface area (Å²) in [6.07, 6.45) is 1.36. The van der Waals surface area contributed by atoms with Gasteiger partial charge in [0.2, 0.25) is 0 Å². The second-order valence-corrected chi connectivity index (χ2v) is 4.71. The highest BCUT2D eigenvalue weighted by Gasteiger charge is 2.17. The van der Waals surface area contributed by atoms with Crippen molar-refractivity contribution in [2.24, 2.45) is 0 Å². The lowest BCUT2D eigenvalue weighted by Crippen LogP contribution is -2.23. The zero-order valence-corrected chi connectivity index (χ0v) is 11.6. The predicted molar refractivity (Wildman–Crippen MR) is 79.5 cm³/mol. The lowest BCUT2D eigenvalue weighted by atomic mass is 10.1. The maximum atomic E-state index is 13.5. The van der Waals surface area contributed by atoms with E-state index in [2.05, 4.69) is 10.5 Å². The van der Waals surface area contributed by atoms with Gasteiger partial charge in [-0.1, -0.05) is 53.7 Å². The van der Waals surface area contributed by atoms with Gasteiger partial charge in [-0.25, -0.2) is 4.39 Å². The van der Waals surface area contributed by atoms with Gasteiger partial charge in [-0.2, -0.15) is 0 Å². The number of rotatable bonds is 4. The number of carbonyl (C=O) groups excluding carboxylic acids is 1. The molecule has 1 heterocycles. The molecule has 4 nitrogen and oxygen atoms in total. The molecule has 3 rings (SSSR count). The summed E-state index contributed by atoms with van der Waals surface area (Å²) in [7, 11) is 0. The molecule has 0 spiro atoms. The Morgan fingerprint density at radius 3 is 2.59 bits per heavy atom. The Balaban J connectivity index is 1.77. The van der Waals surface area contributed by atoms with Crippen molar-refractivity contribution in [2.75, 3.05) is 0 Å². The van der Waals surface area contributed by atoms with E-state index in [1.807, 2.05) is 30.3 Å². The summed E-state index contributed by atoms with van der Waals surface area (Å²) < 4.78 is 18.7. The van der Waals surface area contributed by atoms with Gasteiger partial charge in [0.15, 0.2) is 5.76 Å². The van der Waals surface area contributed by atoms with Crippen molar-refractivity contribution in [1.29, 1.82) is 0 Å². The highest BCUT2D eigenvalue weighted by Crippen LogP contribution is 2.23. The summed E-state index contributed by atoms with van der Waals surface area (Å²) in [5.74, 6) is -0.314. The first-order valence-electron chi connectivity index (χ1n) is 6.77. The molecular formula is C17H13FN2O2. The van der Waals surface area contributed by atoms with Crippen molar-refractivity contribution >= 4 is 5.91 Å². The van der Waals surface area contributed by atoms with Gasteiger partial charge in [0.25, 0.3) is 5.91 Å². The van der Waals surface area contributed by atoms with E-state index in [0.29, 0.717) is 16.9 Å². The van der Waals surface area contributed by atoms with E-state index in [1.165, 1.54) is 12.3 Å². The van der Waals surface area contributed by atoms with Gasteiger partial charge in [-0.15, -0.1) is 0 Å². The van der Waals surface area contributed by atoms with Crippen LogP contribution >= 0.6 is 0 Å². The number of hydrogen-bond acceptors (Lipinski definition) is 3. The van der Waals surface area contributed by atoms with E-state index >= 15 is 0 Å². The Hall–Kier alpha value is -2.95. The number of aromatic nitrogens is 1. The van der Waals surface area contributed by atoms with Crippen LogP contribution in [-0.2, 0) is 6.54 Å². The summed E-state index contributed by atoms with van der Waals surface area (Å²) >= 11 is 0. The van der Waals surface area contributed by atoms with Crippen LogP contribution in [-0.4, -0.2) is 11.1 Å². The van der Waals surface area contributed by atoms with E-state index < -0.39 is 0 Å². The van der Waals surface area contributed by atoms with Crippen LogP contribution in [0.3, 0.4) is 0 Å². The second kappa shape index (κ2) is 6.22. The van der Waals surface area contributed by atoms with Crippen molar-refractivity contribution in [3.63, 3.8) is 0 Å². The third kappa shape index (κ3) is 2.88. The molecule has 22 heavy (non-hydrogen) atoms. The zero-order chi connectivity index (χ0) is 15.4. The van der Waals surface area contributed by atoms with Crippen molar-refractivity contribution in [3.8, 4) is 11.3 Å². The smallest absolute Gasteiger partial charge is 0.257 e. The fourth-order valence-corrected chi connectivity index (χ4v) is 2.11. The maximum absolute atomic E-state index is 13.5. The average Bonchev–Trinajstić information content (AvgIpc) is 3.04. The van der Waals surface area contributed by atoms with Gasteiger partial charge < -0.3 is 9.84 Å². The van der Waals surface area contributed by atoms with Crippen molar-refractivity contribution in [1.82, 2.24) is 10.5 Å². The fraction of sp³-hybridized carbons (Fsp3) is 0.0588. The van der Waals surface area contributed by atoms with Crippen LogP contribution in [0, 0.1) is 5.82 Å². The first-order valence-corrected chi connectivity index (χ1v) is 6.77. The van der Waals surface area contributed by atoms with Crippen LogP contribution in [0.15, 0.2) is 65.3 Å². The Morgan fingerprint density at radius 1 is 1.09 bits per heavy atom. The topological polar surface area (TPSA) is 55.1 Å². The second-order valence-electron chi connectivity index (χ2n) is 4.71. The molecule has 0 radical (unpaired) electrons. The number of benzene rings is 2. The quantitative estimate of drug-likeness (QED) is 0.802. The number of nitrogens with one attached hydrogen (secondary N) is 1. The highest BCUT2D eigenvalue weighted by atomic mass is 19.1. The van der Waals surface area contributed by atoms with Crippen molar-refractivity contribution < 1.29 is 13.7 Å². The molecule has 1 amide bonds. The minimum Gasteiger partial charge on any atom is -0.355 e. The molecule has 0 aliphatic heterocycles. The van der Waals surface area contributed by atoms with Crippen LogP contribution in [0.5, 0.6) is 0 Å². The van der Waals surface area contributed by atoms with Gasteiger partial charge in [0.05, 0.1) is 6.20 Å². The SMILES string of the molecule is O=C(NCc1ccccc1F)c1cnoc1-c1ccccc1. The lowest BCUT2D eigenvalue weighted by Gasteiger charge is -2.06. The molecule has 0 atom stereocenters. The molecule has 2 aromatic carbocycles. The Bertz CT molecular complexity index is 784. The molecule has 5 heteroatoms. The van der Waals surface area contributed by atoms with Crippen LogP contribution in [0.4, 0.5) is 4.39 Å². The van der Waals surface area contributed by atoms with Gasteiger partial charge >= 0.3 is 0 Å². The Morgan fingerprint density at radius 2 is 1.82 bits per heavy atom. The summed E-state index contributed by atoms with van der Waals surface area (Å²) in [6, 6.07) is 15.5. The maximum Gasteiger partial charge on any atom is 0.257 e. The first-order chi connectivity index (χ1) is 10.8. The van der Waals surface area contributed by atoms with E-state index in [1.54, 1.807) is 18.2 Å². The summed E-state index contributed by atoms with van der Waals surface area (Å²) in [6.45, 7) is 0.102. The Kier molecular flexibility index (Phi) is 3.96. The van der Waals surface area contributed by atoms with Crippen molar-refractivity contribution in [3.05, 3.63) is 77.7 Å². The number of carbonyl (C=O) groups is 1. The molecule has 0 aliphatic rings. The van der Waals surface area contributed by atoms with E-state index in [0.717, 1.165) is 5.56 Å². The molecule has 3 aromatic rings. The van der Waals surface area contributed by atoms with E-state index in [-0.39, 0.29) is 18.3 Å².